The van der Waals surface area contributed by atoms with Crippen LogP contribution in [0, 0.1) is 0 Å². The summed E-state index contributed by atoms with van der Waals surface area (Å²) in [7, 11) is -3.79. The first-order valence-corrected chi connectivity index (χ1v) is 12.1. The highest BCUT2D eigenvalue weighted by Gasteiger charge is 2.31. The second kappa shape index (κ2) is 9.32. The smallest absolute Gasteiger partial charge is 0.379 e. The summed E-state index contributed by atoms with van der Waals surface area (Å²) in [5.41, 5.74) is 0.164. The number of anilines is 2. The molecule has 0 atom stereocenters. The molecule has 1 amide bonds. The highest BCUT2D eigenvalue weighted by atomic mass is 32.2. The summed E-state index contributed by atoms with van der Waals surface area (Å²) in [6.07, 6.45) is -2.56. The predicted octanol–water partition coefficient (Wildman–Crippen LogP) is 3.58. The molecule has 2 aliphatic rings. The van der Waals surface area contributed by atoms with E-state index in [1.165, 1.54) is 16.4 Å². The molecule has 11 heteroatoms. The Morgan fingerprint density at radius 1 is 0.939 bits per heavy atom. The molecule has 0 unspecified atom stereocenters. The van der Waals surface area contributed by atoms with Crippen LogP contribution < -0.4 is 10.2 Å². The van der Waals surface area contributed by atoms with Crippen molar-refractivity contribution in [3.05, 3.63) is 53.6 Å². The number of nitrogens with one attached hydrogen (secondary N) is 1. The lowest BCUT2D eigenvalue weighted by atomic mass is 10.1. The number of alkyl halides is 3. The Morgan fingerprint density at radius 2 is 1.58 bits per heavy atom. The van der Waals surface area contributed by atoms with Gasteiger partial charge in [-0.1, -0.05) is 0 Å². The van der Waals surface area contributed by atoms with Gasteiger partial charge in [-0.25, -0.2) is 8.42 Å². The number of carbonyl (C=O) groups is 1. The summed E-state index contributed by atoms with van der Waals surface area (Å²) in [6.45, 7) is 2.62. The van der Waals surface area contributed by atoms with Crippen molar-refractivity contribution in [2.24, 2.45) is 0 Å². The number of amides is 1. The molecule has 2 aromatic carbocycles. The third kappa shape index (κ3) is 5.15. The second-order valence-electron chi connectivity index (χ2n) is 7.92. The second-order valence-corrected chi connectivity index (χ2v) is 9.86. The minimum Gasteiger partial charge on any atom is -0.379 e. The fourth-order valence-electron chi connectivity index (χ4n) is 3.95. The Kier molecular flexibility index (Phi) is 6.64. The van der Waals surface area contributed by atoms with E-state index in [0.717, 1.165) is 50.2 Å². The number of morpholine rings is 1. The SMILES string of the molecule is O=C(Nc1cc(S(=O)(=O)N2CCOCC2)ccc1N1CCCC1)c1ccc(C(F)(F)F)cc1. The minimum absolute atomic E-state index is 0.0371. The van der Waals surface area contributed by atoms with Crippen LogP contribution in [0.1, 0.15) is 28.8 Å². The van der Waals surface area contributed by atoms with Crippen LogP contribution in [0.4, 0.5) is 24.5 Å². The molecule has 0 radical (unpaired) electrons. The Balaban J connectivity index is 1.64. The lowest BCUT2D eigenvalue weighted by molar-refractivity contribution is -0.137. The van der Waals surface area contributed by atoms with Crippen molar-refractivity contribution in [1.82, 2.24) is 4.31 Å². The van der Waals surface area contributed by atoms with Crippen LogP contribution in [0.2, 0.25) is 0 Å². The van der Waals surface area contributed by atoms with Gasteiger partial charge >= 0.3 is 6.18 Å². The maximum absolute atomic E-state index is 13.1. The van der Waals surface area contributed by atoms with Gasteiger partial charge in [0.25, 0.3) is 5.91 Å². The van der Waals surface area contributed by atoms with Crippen LogP contribution in [-0.4, -0.2) is 58.0 Å². The Hall–Kier alpha value is -2.63. The summed E-state index contributed by atoms with van der Waals surface area (Å²) in [5, 5.41) is 2.71. The Bertz CT molecular complexity index is 1110. The lowest BCUT2D eigenvalue weighted by Crippen LogP contribution is -2.40. The van der Waals surface area contributed by atoms with Gasteiger partial charge in [-0.2, -0.15) is 17.5 Å². The van der Waals surface area contributed by atoms with Crippen LogP contribution in [0.25, 0.3) is 0 Å². The lowest BCUT2D eigenvalue weighted by Gasteiger charge is -2.27. The van der Waals surface area contributed by atoms with Crippen molar-refractivity contribution < 1.29 is 31.1 Å². The highest BCUT2D eigenvalue weighted by Crippen LogP contribution is 2.33. The van der Waals surface area contributed by atoms with Crippen molar-refractivity contribution in [3.8, 4) is 0 Å². The third-order valence-corrected chi connectivity index (χ3v) is 7.64. The van der Waals surface area contributed by atoms with Crippen molar-refractivity contribution in [2.45, 2.75) is 23.9 Å². The van der Waals surface area contributed by atoms with Gasteiger partial charge in [0.2, 0.25) is 10.0 Å². The molecule has 4 rings (SSSR count). The molecule has 178 valence electrons. The minimum atomic E-state index is -4.50. The summed E-state index contributed by atoms with van der Waals surface area (Å²) in [4.78, 5) is 14.9. The molecule has 2 aromatic rings. The van der Waals surface area contributed by atoms with E-state index in [2.05, 4.69) is 5.32 Å². The first kappa shape index (κ1) is 23.5. The number of nitrogens with zero attached hydrogens (tertiary/aromatic N) is 2. The maximum Gasteiger partial charge on any atom is 0.416 e. The van der Waals surface area contributed by atoms with Crippen molar-refractivity contribution in [3.63, 3.8) is 0 Å². The van der Waals surface area contributed by atoms with Crippen LogP contribution in [0.3, 0.4) is 0 Å². The molecule has 0 spiro atoms. The van der Waals surface area contributed by atoms with Crippen LogP contribution in [-0.2, 0) is 20.9 Å². The highest BCUT2D eigenvalue weighted by molar-refractivity contribution is 7.89. The van der Waals surface area contributed by atoms with E-state index in [1.54, 1.807) is 6.07 Å². The van der Waals surface area contributed by atoms with Gasteiger partial charge in [-0.15, -0.1) is 0 Å². The topological polar surface area (TPSA) is 79.0 Å². The van der Waals surface area contributed by atoms with Crippen LogP contribution in [0.5, 0.6) is 0 Å². The largest absolute Gasteiger partial charge is 0.416 e. The van der Waals surface area contributed by atoms with E-state index in [-0.39, 0.29) is 23.5 Å². The van der Waals surface area contributed by atoms with Gasteiger partial charge < -0.3 is 15.0 Å². The first-order valence-electron chi connectivity index (χ1n) is 10.6. The number of benzene rings is 2. The molecule has 7 nitrogen and oxygen atoms in total. The van der Waals surface area contributed by atoms with E-state index in [1.807, 2.05) is 4.90 Å². The number of hydrogen-bond donors (Lipinski definition) is 1. The molecule has 0 bridgehead atoms. The molecule has 0 aliphatic carbocycles. The molecule has 0 saturated carbocycles. The molecule has 2 saturated heterocycles. The number of carbonyl (C=O) groups excluding carboxylic acids is 1. The molecular weight excluding hydrogens is 459 g/mol. The zero-order chi connectivity index (χ0) is 23.6. The zero-order valence-electron chi connectivity index (χ0n) is 17.8. The Morgan fingerprint density at radius 3 is 2.18 bits per heavy atom. The van der Waals surface area contributed by atoms with E-state index < -0.39 is 27.7 Å². The average Bonchev–Trinajstić information content (AvgIpc) is 3.34. The van der Waals surface area contributed by atoms with E-state index in [9.17, 15) is 26.4 Å². The standard InChI is InChI=1S/C22H24F3N3O4S/c23-22(24,25)17-5-3-16(4-6-17)21(29)26-19-15-18(7-8-20(19)27-9-1-2-10-27)33(30,31)28-11-13-32-14-12-28/h3-8,15H,1-2,9-14H2,(H,26,29). The van der Waals surface area contributed by atoms with E-state index in [4.69, 9.17) is 4.74 Å². The van der Waals surface area contributed by atoms with Crippen molar-refractivity contribution in [1.29, 1.82) is 0 Å². The van der Waals surface area contributed by atoms with Crippen molar-refractivity contribution >= 4 is 27.3 Å². The fourth-order valence-corrected chi connectivity index (χ4v) is 5.39. The van der Waals surface area contributed by atoms with Crippen molar-refractivity contribution in [2.75, 3.05) is 49.6 Å². The van der Waals surface area contributed by atoms with Gasteiger partial charge in [0.15, 0.2) is 0 Å². The van der Waals surface area contributed by atoms with E-state index >= 15 is 0 Å². The van der Waals surface area contributed by atoms with E-state index in [0.29, 0.717) is 24.6 Å². The van der Waals surface area contributed by atoms with Crippen LogP contribution in [0.15, 0.2) is 47.4 Å². The number of ether oxygens (including phenoxy) is 1. The molecule has 1 N–H and O–H groups in total. The maximum atomic E-state index is 13.1. The van der Waals surface area contributed by atoms with Gasteiger partial charge in [0.05, 0.1) is 35.0 Å². The number of hydrogen-bond acceptors (Lipinski definition) is 5. The fraction of sp³-hybridized carbons (Fsp3) is 0.409. The summed E-state index contributed by atoms with van der Waals surface area (Å²) < 4.78 is 71.2. The van der Waals surface area contributed by atoms with Gasteiger partial charge in [0.1, 0.15) is 0 Å². The quantitative estimate of drug-likeness (QED) is 0.704. The number of rotatable bonds is 5. The first-order chi connectivity index (χ1) is 15.7. The van der Waals surface area contributed by atoms with Gasteiger partial charge in [-0.05, 0) is 55.3 Å². The molecule has 2 fully saturated rings. The molecule has 0 aromatic heterocycles. The molecule has 33 heavy (non-hydrogen) atoms. The summed E-state index contributed by atoms with van der Waals surface area (Å²) in [6, 6.07) is 8.49. The average molecular weight is 484 g/mol. The molecule has 2 aliphatic heterocycles. The molecule has 2 heterocycles. The number of sulfonamides is 1. The third-order valence-electron chi connectivity index (χ3n) is 5.75. The Labute approximate surface area is 190 Å². The zero-order valence-corrected chi connectivity index (χ0v) is 18.6. The number of halogens is 3. The van der Waals surface area contributed by atoms with Gasteiger partial charge in [-0.3, -0.25) is 4.79 Å². The predicted molar refractivity (Wildman–Crippen MR) is 117 cm³/mol. The van der Waals surface area contributed by atoms with Crippen LogP contribution >= 0.6 is 0 Å². The normalized spacial score (nSPS) is 17.8. The van der Waals surface area contributed by atoms with Gasteiger partial charge in [0, 0.05) is 31.7 Å². The molecular formula is C22H24F3N3O4S. The summed E-state index contributed by atoms with van der Waals surface area (Å²) in [5.74, 6) is -0.620. The monoisotopic (exact) mass is 483 g/mol. The summed E-state index contributed by atoms with van der Waals surface area (Å²) >= 11 is 0.